The number of methoxy groups -OCH3 is 2. The lowest BCUT2D eigenvalue weighted by atomic mass is 9.77. The maximum atomic E-state index is 13.8. The summed E-state index contributed by atoms with van der Waals surface area (Å²) in [7, 11) is 5.20. The molecule has 14 nitrogen and oxygen atoms in total. The summed E-state index contributed by atoms with van der Waals surface area (Å²) in [6.07, 6.45) is 4.72. The van der Waals surface area contributed by atoms with Crippen molar-refractivity contribution in [3.8, 4) is 17.6 Å². The number of azo groups is 1. The van der Waals surface area contributed by atoms with Gasteiger partial charge in [0.05, 0.1) is 44.9 Å². The highest BCUT2D eigenvalue weighted by Crippen LogP contribution is 2.49. The van der Waals surface area contributed by atoms with Gasteiger partial charge in [0.2, 0.25) is 5.91 Å². The van der Waals surface area contributed by atoms with E-state index < -0.39 is 25.1 Å². The van der Waals surface area contributed by atoms with Crippen molar-refractivity contribution >= 4 is 37.4 Å². The monoisotopic (exact) mass is 1010 g/mol. The average molecular weight is 1010 g/mol. The number of nitriles is 1. The molecule has 73 heavy (non-hydrogen) atoms. The Bertz CT molecular complexity index is 2510. The van der Waals surface area contributed by atoms with Crippen molar-refractivity contribution in [3.63, 3.8) is 0 Å². The van der Waals surface area contributed by atoms with Gasteiger partial charge < -0.3 is 38.7 Å². The molecule has 2 N–H and O–H groups in total. The molecule has 0 aliphatic carbocycles. The van der Waals surface area contributed by atoms with E-state index in [4.69, 9.17) is 18.7 Å². The number of piperidine rings is 1. The van der Waals surface area contributed by atoms with Crippen LogP contribution in [0.15, 0.2) is 138 Å². The zero-order valence-electron chi connectivity index (χ0n) is 43.9. The highest BCUT2D eigenvalue weighted by molar-refractivity contribution is 7.43. The second-order valence-electron chi connectivity index (χ2n) is 19.8. The minimum atomic E-state index is -2.07. The fraction of sp³-hybridized carbons (Fsp3) is 0.431. The molecule has 0 spiro atoms. The zero-order valence-corrected chi connectivity index (χ0v) is 44.8. The van der Waals surface area contributed by atoms with Crippen molar-refractivity contribution in [1.29, 1.82) is 5.26 Å². The highest BCUT2D eigenvalue weighted by Gasteiger charge is 2.45. The highest BCUT2D eigenvalue weighted by atomic mass is 31.2. The molecule has 1 atom stereocenters. The maximum absolute atomic E-state index is 13.8. The van der Waals surface area contributed by atoms with Crippen LogP contribution in [0.4, 0.5) is 17.1 Å². The molecular formula is C58H74N7O7P. The molecule has 0 radical (unpaired) electrons. The Hall–Kier alpha value is -6.20. The van der Waals surface area contributed by atoms with Crippen molar-refractivity contribution in [2.45, 2.75) is 96.2 Å². The SMILES string of the molecule is COc1ccc(C(OCC2(COP(O)N(C(C)C)C(C)(C)CCC#N)CCN(C(=O)CCCCCNC(=O)c3ccc(/N=N/c4ccc(N(C)C)cc4)cc3)CC2)(c2ccccc2)c2ccc(OC)cc2)cc1. The molecule has 1 heterocycles. The number of benzene rings is 5. The lowest BCUT2D eigenvalue weighted by molar-refractivity contribution is -0.136. The normalized spacial score (nSPS) is 14.2. The first kappa shape index (κ1) is 56.1. The first-order valence-electron chi connectivity index (χ1n) is 25.3. The fourth-order valence-corrected chi connectivity index (χ4v) is 10.9. The summed E-state index contributed by atoms with van der Waals surface area (Å²) in [5, 5.41) is 21.1. The lowest BCUT2D eigenvalue weighted by Gasteiger charge is -2.46. The number of unbranched alkanes of at least 4 members (excludes halogenated alkanes) is 2. The summed E-state index contributed by atoms with van der Waals surface area (Å²) in [6, 6.07) is 43.1. The van der Waals surface area contributed by atoms with Gasteiger partial charge in [0.25, 0.3) is 14.4 Å². The summed E-state index contributed by atoms with van der Waals surface area (Å²) in [5.41, 5.74) is 3.58. The molecule has 5 aromatic carbocycles. The number of carbonyl (C=O) groups is 2. The molecule has 5 aromatic rings. The zero-order chi connectivity index (χ0) is 52.4. The maximum Gasteiger partial charge on any atom is 0.256 e. The third-order valence-corrected chi connectivity index (χ3v) is 15.4. The van der Waals surface area contributed by atoms with Gasteiger partial charge >= 0.3 is 0 Å². The fourth-order valence-electron chi connectivity index (χ4n) is 9.41. The number of hydrogen-bond donors (Lipinski definition) is 2. The number of rotatable bonds is 26. The molecule has 1 aliphatic rings. The van der Waals surface area contributed by atoms with E-state index in [1.165, 1.54) is 0 Å². The van der Waals surface area contributed by atoms with E-state index in [0.717, 1.165) is 52.4 Å². The van der Waals surface area contributed by atoms with E-state index in [2.05, 4.69) is 33.7 Å². The van der Waals surface area contributed by atoms with Gasteiger partial charge in [-0.05, 0) is 149 Å². The predicted molar refractivity (Wildman–Crippen MR) is 290 cm³/mol. The summed E-state index contributed by atoms with van der Waals surface area (Å²) >= 11 is 0. The molecule has 1 aliphatic heterocycles. The molecule has 0 saturated carbocycles. The minimum absolute atomic E-state index is 0.0528. The standard InChI is InChI=1S/C58H74N7O7P/c1-44(2)65(56(3,4)35-15-38-59)73(68)72-43-57(42-71-58(46-16-11-9-12-17-46,47-21-31-52(69-7)32-22-47)48-23-33-53(70-8)34-24-48)36-40-64(41-37-57)54(66)18-13-10-14-39-60-55(67)45-19-25-49(26-20-45)61-62-50-27-29-51(30-28-50)63(5)6/h9,11-12,16-17,19-34,44,68H,10,13-15,18,35-37,39-43H2,1-8H3,(H,60,67)/b62-61+. The third kappa shape index (κ3) is 15.0. The Morgan fingerprint density at radius 3 is 1.85 bits per heavy atom. The quantitative estimate of drug-likeness (QED) is 0.0236. The first-order valence-corrected chi connectivity index (χ1v) is 26.4. The van der Waals surface area contributed by atoms with Crippen molar-refractivity contribution < 1.29 is 33.2 Å². The van der Waals surface area contributed by atoms with Crippen molar-refractivity contribution in [3.05, 3.63) is 150 Å². The van der Waals surface area contributed by atoms with Crippen LogP contribution in [0.5, 0.6) is 11.5 Å². The summed E-state index contributed by atoms with van der Waals surface area (Å²) in [5.74, 6) is 1.37. The Morgan fingerprint density at radius 1 is 0.781 bits per heavy atom. The summed E-state index contributed by atoms with van der Waals surface area (Å²) in [6.45, 7) is 10.1. The lowest BCUT2D eigenvalue weighted by Crippen LogP contribution is -2.49. The van der Waals surface area contributed by atoms with Crippen LogP contribution in [0.2, 0.25) is 0 Å². The van der Waals surface area contributed by atoms with Crippen LogP contribution in [0, 0.1) is 16.7 Å². The topological polar surface area (TPSA) is 162 Å². The first-order chi connectivity index (χ1) is 35.1. The molecule has 0 bridgehead atoms. The van der Waals surface area contributed by atoms with Gasteiger partial charge in [0.1, 0.15) is 17.1 Å². The van der Waals surface area contributed by atoms with E-state index in [1.807, 2.05) is 147 Å². The van der Waals surface area contributed by atoms with Crippen LogP contribution in [0.3, 0.4) is 0 Å². The van der Waals surface area contributed by atoms with Crippen molar-refractivity contribution in [1.82, 2.24) is 14.9 Å². The Labute approximate surface area is 434 Å². The number of hydrogen-bond acceptors (Lipinski definition) is 12. The molecule has 2 amide bonds. The van der Waals surface area contributed by atoms with Gasteiger partial charge in [-0.2, -0.15) is 15.5 Å². The van der Waals surface area contributed by atoms with E-state index in [9.17, 15) is 19.7 Å². The number of carbonyl (C=O) groups excluding carboxylic acids is 2. The van der Waals surface area contributed by atoms with E-state index in [-0.39, 0.29) is 31.1 Å². The third-order valence-electron chi connectivity index (χ3n) is 13.7. The van der Waals surface area contributed by atoms with Crippen LogP contribution in [0.1, 0.15) is 106 Å². The number of amides is 2. The number of nitrogens with one attached hydrogen (secondary N) is 1. The molecule has 1 fully saturated rings. The largest absolute Gasteiger partial charge is 0.497 e. The Balaban J connectivity index is 1.11. The molecule has 1 unspecified atom stereocenters. The molecule has 0 aromatic heterocycles. The smallest absolute Gasteiger partial charge is 0.256 e. The summed E-state index contributed by atoms with van der Waals surface area (Å²) in [4.78, 5) is 42.6. The second-order valence-corrected chi connectivity index (χ2v) is 21.0. The Kier molecular flexibility index (Phi) is 20.5. The van der Waals surface area contributed by atoms with Crippen LogP contribution in [-0.2, 0) is 19.7 Å². The number of nitrogens with zero attached hydrogens (tertiary/aromatic N) is 6. The number of ether oxygens (including phenoxy) is 3. The average Bonchev–Trinajstić information content (AvgIpc) is 3.41. The van der Waals surface area contributed by atoms with Crippen molar-refractivity contribution in [2.24, 2.45) is 15.6 Å². The van der Waals surface area contributed by atoms with Crippen LogP contribution < -0.4 is 19.7 Å². The van der Waals surface area contributed by atoms with Gasteiger partial charge in [-0.15, -0.1) is 0 Å². The van der Waals surface area contributed by atoms with Gasteiger partial charge in [-0.3, -0.25) is 9.59 Å². The Morgan fingerprint density at radius 2 is 1.33 bits per heavy atom. The van der Waals surface area contributed by atoms with Crippen molar-refractivity contribution in [2.75, 3.05) is 66.1 Å². The van der Waals surface area contributed by atoms with E-state index >= 15 is 0 Å². The molecular weight excluding hydrogens is 938 g/mol. The van der Waals surface area contributed by atoms with Gasteiger partial charge in [0, 0.05) is 74.8 Å². The number of likely N-dealkylation sites (tertiary alicyclic amines) is 1. The number of anilines is 1. The molecule has 1 saturated heterocycles. The minimum Gasteiger partial charge on any atom is -0.497 e. The second kappa shape index (κ2) is 26.7. The van der Waals surface area contributed by atoms with Gasteiger partial charge in [0.15, 0.2) is 0 Å². The van der Waals surface area contributed by atoms with Crippen LogP contribution >= 0.6 is 8.53 Å². The van der Waals surface area contributed by atoms with Gasteiger partial charge in [-0.1, -0.05) is 61.0 Å². The summed E-state index contributed by atoms with van der Waals surface area (Å²) < 4.78 is 27.2. The molecule has 388 valence electrons. The predicted octanol–water partition coefficient (Wildman–Crippen LogP) is 12.1. The van der Waals surface area contributed by atoms with Crippen LogP contribution in [-0.4, -0.2) is 99.0 Å². The van der Waals surface area contributed by atoms with E-state index in [1.54, 1.807) is 38.5 Å². The van der Waals surface area contributed by atoms with Gasteiger partial charge in [-0.25, -0.2) is 4.67 Å². The van der Waals surface area contributed by atoms with Crippen LogP contribution in [0.25, 0.3) is 0 Å². The molecule has 15 heteroatoms. The molecule has 6 rings (SSSR count). The van der Waals surface area contributed by atoms with E-state index in [0.29, 0.717) is 69.4 Å².